The maximum Gasteiger partial charge on any atom is 0.417 e. The highest BCUT2D eigenvalue weighted by atomic mass is 19.4. The number of hydrogen-bond donors (Lipinski definition) is 1. The maximum atomic E-state index is 12.9. The van der Waals surface area contributed by atoms with Crippen molar-refractivity contribution in [2.75, 3.05) is 5.73 Å². The van der Waals surface area contributed by atoms with Crippen molar-refractivity contribution in [3.8, 4) is 11.3 Å². The summed E-state index contributed by atoms with van der Waals surface area (Å²) in [6.45, 7) is 0. The minimum atomic E-state index is -4.44. The highest BCUT2D eigenvalue weighted by Gasteiger charge is 2.35. The van der Waals surface area contributed by atoms with E-state index in [1.54, 1.807) is 0 Å². The second-order valence-corrected chi connectivity index (χ2v) is 4.54. The molecule has 1 fully saturated rings. The standard InChI is InChI=1S/C12H11F3N4/c13-12(14,15)9-4-2-1-3-8(9)10-11(16)19(18-17-10)7-5-6-7/h1-4,7H,5-6,16H2. The summed E-state index contributed by atoms with van der Waals surface area (Å²) in [5.74, 6) is 0.194. The lowest BCUT2D eigenvalue weighted by molar-refractivity contribution is -0.137. The number of nitrogen functional groups attached to an aromatic ring is 1. The SMILES string of the molecule is Nc1c(-c2ccccc2C(F)(F)F)nnn1C1CC1. The average Bonchev–Trinajstić information content (AvgIpc) is 3.12. The summed E-state index contributed by atoms with van der Waals surface area (Å²) >= 11 is 0. The number of aromatic nitrogens is 3. The highest BCUT2D eigenvalue weighted by molar-refractivity contribution is 5.73. The quantitative estimate of drug-likeness (QED) is 0.911. The van der Waals surface area contributed by atoms with Gasteiger partial charge in [-0.2, -0.15) is 13.2 Å². The Hall–Kier alpha value is -2.05. The van der Waals surface area contributed by atoms with Crippen LogP contribution in [0, 0.1) is 0 Å². The van der Waals surface area contributed by atoms with Crippen LogP contribution in [0.5, 0.6) is 0 Å². The molecule has 2 aromatic rings. The molecular formula is C12H11F3N4. The number of nitrogens with zero attached hydrogens (tertiary/aromatic N) is 3. The molecule has 1 saturated carbocycles. The Morgan fingerprint density at radius 1 is 1.21 bits per heavy atom. The van der Waals surface area contributed by atoms with Crippen LogP contribution in [0.2, 0.25) is 0 Å². The van der Waals surface area contributed by atoms with Crippen molar-refractivity contribution in [2.45, 2.75) is 25.1 Å². The molecule has 0 radical (unpaired) electrons. The molecule has 1 aromatic heterocycles. The number of rotatable bonds is 2. The van der Waals surface area contributed by atoms with E-state index < -0.39 is 11.7 Å². The van der Waals surface area contributed by atoms with E-state index >= 15 is 0 Å². The molecule has 0 saturated heterocycles. The van der Waals surface area contributed by atoms with E-state index in [0.717, 1.165) is 18.9 Å². The number of halogens is 3. The number of nitrogens with two attached hydrogens (primary N) is 1. The van der Waals surface area contributed by atoms with Gasteiger partial charge in [0.05, 0.1) is 11.6 Å². The van der Waals surface area contributed by atoms with Crippen molar-refractivity contribution >= 4 is 5.82 Å². The Morgan fingerprint density at radius 2 is 1.89 bits per heavy atom. The van der Waals surface area contributed by atoms with E-state index in [1.807, 2.05) is 0 Å². The third-order valence-electron chi connectivity index (χ3n) is 3.11. The van der Waals surface area contributed by atoms with Gasteiger partial charge in [-0.25, -0.2) is 4.68 Å². The first kappa shape index (κ1) is 12.0. The second kappa shape index (κ2) is 3.97. The van der Waals surface area contributed by atoms with Crippen LogP contribution < -0.4 is 5.73 Å². The highest BCUT2D eigenvalue weighted by Crippen LogP contribution is 2.41. The van der Waals surface area contributed by atoms with Gasteiger partial charge < -0.3 is 5.73 Å². The molecule has 100 valence electrons. The predicted octanol–water partition coefficient (Wildman–Crippen LogP) is 2.88. The molecule has 0 atom stereocenters. The zero-order valence-corrected chi connectivity index (χ0v) is 9.85. The molecule has 0 unspecified atom stereocenters. The van der Waals surface area contributed by atoms with Gasteiger partial charge in [-0.3, -0.25) is 0 Å². The second-order valence-electron chi connectivity index (χ2n) is 4.54. The summed E-state index contributed by atoms with van der Waals surface area (Å²) in [5, 5.41) is 7.66. The summed E-state index contributed by atoms with van der Waals surface area (Å²) in [4.78, 5) is 0. The fourth-order valence-corrected chi connectivity index (χ4v) is 2.02. The van der Waals surface area contributed by atoms with Crippen molar-refractivity contribution in [3.05, 3.63) is 29.8 Å². The van der Waals surface area contributed by atoms with E-state index in [0.29, 0.717) is 0 Å². The fraction of sp³-hybridized carbons (Fsp3) is 0.333. The van der Waals surface area contributed by atoms with Gasteiger partial charge in [-0.1, -0.05) is 23.4 Å². The molecule has 19 heavy (non-hydrogen) atoms. The number of benzene rings is 1. The van der Waals surface area contributed by atoms with Gasteiger partial charge >= 0.3 is 6.18 Å². The minimum absolute atomic E-state index is 0.0283. The first-order chi connectivity index (χ1) is 8.98. The molecule has 4 nitrogen and oxygen atoms in total. The normalized spacial score (nSPS) is 15.7. The largest absolute Gasteiger partial charge is 0.417 e. The van der Waals surface area contributed by atoms with Crippen molar-refractivity contribution in [1.29, 1.82) is 0 Å². The lowest BCUT2D eigenvalue weighted by atomic mass is 10.0. The van der Waals surface area contributed by atoms with Gasteiger partial charge in [-0.15, -0.1) is 5.10 Å². The van der Waals surface area contributed by atoms with E-state index in [9.17, 15) is 13.2 Å². The molecule has 7 heteroatoms. The van der Waals surface area contributed by atoms with Gasteiger partial charge in [0.1, 0.15) is 5.69 Å². The Kier molecular flexibility index (Phi) is 2.51. The van der Waals surface area contributed by atoms with Crippen LogP contribution in [-0.4, -0.2) is 15.0 Å². The molecular weight excluding hydrogens is 257 g/mol. The molecule has 1 aromatic carbocycles. The van der Waals surface area contributed by atoms with E-state index in [1.165, 1.54) is 22.9 Å². The monoisotopic (exact) mass is 268 g/mol. The average molecular weight is 268 g/mol. The van der Waals surface area contributed by atoms with Crippen LogP contribution in [-0.2, 0) is 6.18 Å². The first-order valence-electron chi connectivity index (χ1n) is 5.85. The molecule has 3 rings (SSSR count). The Bertz CT molecular complexity index is 614. The minimum Gasteiger partial charge on any atom is -0.382 e. The first-order valence-corrected chi connectivity index (χ1v) is 5.85. The van der Waals surface area contributed by atoms with Gasteiger partial charge in [0.2, 0.25) is 0 Å². The van der Waals surface area contributed by atoms with Crippen LogP contribution in [0.4, 0.5) is 19.0 Å². The summed E-state index contributed by atoms with van der Waals surface area (Å²) in [7, 11) is 0. The molecule has 0 aliphatic heterocycles. The number of anilines is 1. The fourth-order valence-electron chi connectivity index (χ4n) is 2.02. The van der Waals surface area contributed by atoms with Crippen LogP contribution in [0.15, 0.2) is 24.3 Å². The van der Waals surface area contributed by atoms with Gasteiger partial charge in [0, 0.05) is 5.56 Å². The summed E-state index contributed by atoms with van der Waals surface area (Å²) < 4.78 is 40.3. The zero-order chi connectivity index (χ0) is 13.6. The third-order valence-corrected chi connectivity index (χ3v) is 3.11. The predicted molar refractivity (Wildman–Crippen MR) is 63.1 cm³/mol. The van der Waals surface area contributed by atoms with Gasteiger partial charge in [0.15, 0.2) is 5.82 Å². The Balaban J connectivity index is 2.12. The van der Waals surface area contributed by atoms with Gasteiger partial charge in [0.25, 0.3) is 0 Å². The van der Waals surface area contributed by atoms with Crippen molar-refractivity contribution in [3.63, 3.8) is 0 Å². The van der Waals surface area contributed by atoms with Crippen molar-refractivity contribution in [1.82, 2.24) is 15.0 Å². The van der Waals surface area contributed by atoms with Crippen molar-refractivity contribution in [2.24, 2.45) is 0 Å². The topological polar surface area (TPSA) is 56.7 Å². The summed E-state index contributed by atoms with van der Waals surface area (Å²) in [6, 6.07) is 5.43. The molecule has 0 amide bonds. The third kappa shape index (κ3) is 2.05. The lowest BCUT2D eigenvalue weighted by Gasteiger charge is -2.11. The maximum absolute atomic E-state index is 12.9. The van der Waals surface area contributed by atoms with Gasteiger partial charge in [-0.05, 0) is 18.9 Å². The van der Waals surface area contributed by atoms with Crippen LogP contribution in [0.25, 0.3) is 11.3 Å². The Morgan fingerprint density at radius 3 is 2.53 bits per heavy atom. The van der Waals surface area contributed by atoms with Crippen LogP contribution in [0.3, 0.4) is 0 Å². The zero-order valence-electron chi connectivity index (χ0n) is 9.85. The lowest BCUT2D eigenvalue weighted by Crippen LogP contribution is -2.08. The molecule has 2 N–H and O–H groups in total. The molecule has 1 aliphatic rings. The van der Waals surface area contributed by atoms with Crippen LogP contribution >= 0.6 is 0 Å². The number of alkyl halides is 3. The summed E-state index contributed by atoms with van der Waals surface area (Å²) in [6.07, 6.45) is -2.56. The van der Waals surface area contributed by atoms with E-state index in [-0.39, 0.29) is 23.1 Å². The van der Waals surface area contributed by atoms with E-state index in [2.05, 4.69) is 10.3 Å². The van der Waals surface area contributed by atoms with Crippen molar-refractivity contribution < 1.29 is 13.2 Å². The molecule has 0 bridgehead atoms. The Labute approximate surface area is 107 Å². The molecule has 1 heterocycles. The smallest absolute Gasteiger partial charge is 0.382 e. The number of hydrogen-bond acceptors (Lipinski definition) is 3. The molecule has 1 aliphatic carbocycles. The van der Waals surface area contributed by atoms with Crippen LogP contribution in [0.1, 0.15) is 24.4 Å². The van der Waals surface area contributed by atoms with E-state index in [4.69, 9.17) is 5.73 Å². The summed E-state index contributed by atoms with van der Waals surface area (Å²) in [5.41, 5.74) is 5.18. The molecule has 0 spiro atoms.